The molecule has 1 unspecified atom stereocenters. The van der Waals surface area contributed by atoms with Crippen LogP contribution in [0.3, 0.4) is 0 Å². The van der Waals surface area contributed by atoms with E-state index in [1.165, 1.54) is 24.2 Å². The van der Waals surface area contributed by atoms with E-state index in [9.17, 15) is 4.79 Å². The van der Waals surface area contributed by atoms with Crippen LogP contribution < -0.4 is 5.32 Å². The average molecular weight is 388 g/mol. The molecule has 3 heterocycles. The lowest BCUT2D eigenvalue weighted by molar-refractivity contribution is 0.0489. The fourth-order valence-corrected chi connectivity index (χ4v) is 4.11. The van der Waals surface area contributed by atoms with Gasteiger partial charge in [0.25, 0.3) is 5.91 Å². The Balaban J connectivity index is 1.28. The maximum Gasteiger partial charge on any atom is 0.257 e. The summed E-state index contributed by atoms with van der Waals surface area (Å²) in [6.45, 7) is 7.12. The molecule has 0 bridgehead atoms. The molecule has 2 aliphatic rings. The van der Waals surface area contributed by atoms with Gasteiger partial charge in [-0.25, -0.2) is 0 Å². The highest BCUT2D eigenvalue weighted by molar-refractivity contribution is 7.13. The van der Waals surface area contributed by atoms with Gasteiger partial charge in [0.2, 0.25) is 5.13 Å². The van der Waals surface area contributed by atoms with Crippen molar-refractivity contribution in [3.05, 3.63) is 40.9 Å². The van der Waals surface area contributed by atoms with Gasteiger partial charge in [-0.05, 0) is 30.5 Å². The zero-order valence-corrected chi connectivity index (χ0v) is 16.2. The number of rotatable bonds is 6. The third-order valence-electron chi connectivity index (χ3n) is 5.13. The van der Waals surface area contributed by atoms with E-state index in [1.54, 1.807) is 5.51 Å². The molecule has 0 aliphatic carbocycles. The summed E-state index contributed by atoms with van der Waals surface area (Å²) < 4.78 is 5.75. The summed E-state index contributed by atoms with van der Waals surface area (Å²) in [4.78, 5) is 17.3. The number of hydrogen-bond donors (Lipinski definition) is 1. The minimum Gasteiger partial charge on any atom is -0.377 e. The van der Waals surface area contributed by atoms with Crippen molar-refractivity contribution < 1.29 is 9.53 Å². The Hall–Kier alpha value is -1.87. The van der Waals surface area contributed by atoms with E-state index >= 15 is 0 Å². The number of benzene rings is 1. The Morgan fingerprint density at radius 2 is 2.11 bits per heavy atom. The number of carbonyl (C=O) groups excluding carboxylic acids is 1. The lowest BCUT2D eigenvalue weighted by Crippen LogP contribution is -2.48. The molecule has 2 saturated heterocycles. The number of carbonyl (C=O) groups is 1. The van der Waals surface area contributed by atoms with Crippen molar-refractivity contribution in [2.75, 3.05) is 44.6 Å². The molecule has 144 valence electrons. The molecule has 1 amide bonds. The first-order chi connectivity index (χ1) is 13.3. The zero-order chi connectivity index (χ0) is 18.5. The topological polar surface area (TPSA) is 70.6 Å². The molecule has 2 aliphatic heterocycles. The summed E-state index contributed by atoms with van der Waals surface area (Å²) >= 11 is 1.31. The maximum atomic E-state index is 12.4. The Morgan fingerprint density at radius 3 is 2.85 bits per heavy atom. The van der Waals surface area contributed by atoms with Crippen LogP contribution in [0.25, 0.3) is 0 Å². The van der Waals surface area contributed by atoms with Crippen LogP contribution in [0.15, 0.2) is 29.8 Å². The molecule has 8 heteroatoms. The highest BCUT2D eigenvalue weighted by Gasteiger charge is 2.23. The SMILES string of the molecule is O=C(Nc1nncs1)c1cccc(CN2CCN(CC3CCCO3)CC2)c1. The second-order valence-electron chi connectivity index (χ2n) is 7.11. The first-order valence-corrected chi connectivity index (χ1v) is 10.4. The monoisotopic (exact) mass is 387 g/mol. The summed E-state index contributed by atoms with van der Waals surface area (Å²) in [5, 5.41) is 10.9. The quantitative estimate of drug-likeness (QED) is 0.818. The smallest absolute Gasteiger partial charge is 0.257 e. The van der Waals surface area contributed by atoms with E-state index in [4.69, 9.17) is 4.74 Å². The Labute approximate surface area is 163 Å². The van der Waals surface area contributed by atoms with Crippen LogP contribution in [0, 0.1) is 0 Å². The van der Waals surface area contributed by atoms with Gasteiger partial charge in [-0.3, -0.25) is 19.9 Å². The molecular weight excluding hydrogens is 362 g/mol. The lowest BCUT2D eigenvalue weighted by Gasteiger charge is -2.35. The molecular formula is C19H25N5O2S. The molecule has 1 atom stereocenters. The second-order valence-corrected chi connectivity index (χ2v) is 7.94. The summed E-state index contributed by atoms with van der Waals surface area (Å²) in [5.74, 6) is -0.144. The van der Waals surface area contributed by atoms with Gasteiger partial charge in [0.1, 0.15) is 5.51 Å². The molecule has 0 spiro atoms. The van der Waals surface area contributed by atoms with Crippen molar-refractivity contribution in [2.24, 2.45) is 0 Å². The molecule has 4 rings (SSSR count). The highest BCUT2D eigenvalue weighted by atomic mass is 32.1. The molecule has 7 nitrogen and oxygen atoms in total. The highest BCUT2D eigenvalue weighted by Crippen LogP contribution is 2.16. The number of nitrogens with zero attached hydrogens (tertiary/aromatic N) is 4. The molecule has 27 heavy (non-hydrogen) atoms. The van der Waals surface area contributed by atoms with Gasteiger partial charge in [-0.1, -0.05) is 23.5 Å². The van der Waals surface area contributed by atoms with Gasteiger partial charge < -0.3 is 4.74 Å². The van der Waals surface area contributed by atoms with Crippen LogP contribution in [0.5, 0.6) is 0 Å². The Morgan fingerprint density at radius 1 is 1.26 bits per heavy atom. The summed E-state index contributed by atoms with van der Waals surface area (Å²) in [7, 11) is 0. The first kappa shape index (κ1) is 18.5. The van der Waals surface area contributed by atoms with E-state index in [-0.39, 0.29) is 5.91 Å². The predicted octanol–water partition coefficient (Wildman–Crippen LogP) is 2.09. The van der Waals surface area contributed by atoms with Crippen LogP contribution in [0.1, 0.15) is 28.8 Å². The third-order valence-corrected chi connectivity index (χ3v) is 5.73. The molecule has 0 saturated carbocycles. The van der Waals surface area contributed by atoms with Crippen LogP contribution >= 0.6 is 11.3 Å². The van der Waals surface area contributed by atoms with Crippen molar-refractivity contribution in [3.63, 3.8) is 0 Å². The van der Waals surface area contributed by atoms with Crippen LogP contribution in [0.2, 0.25) is 0 Å². The van der Waals surface area contributed by atoms with E-state index < -0.39 is 0 Å². The van der Waals surface area contributed by atoms with Crippen molar-refractivity contribution in [1.29, 1.82) is 0 Å². The van der Waals surface area contributed by atoms with Gasteiger partial charge in [-0.15, -0.1) is 10.2 Å². The summed E-state index contributed by atoms with van der Waals surface area (Å²) in [6, 6.07) is 7.83. The van der Waals surface area contributed by atoms with Crippen LogP contribution in [0.4, 0.5) is 5.13 Å². The van der Waals surface area contributed by atoms with Gasteiger partial charge in [0, 0.05) is 51.4 Å². The molecule has 0 radical (unpaired) electrons. The molecule has 2 aromatic rings. The first-order valence-electron chi connectivity index (χ1n) is 9.49. The maximum absolute atomic E-state index is 12.4. The number of anilines is 1. The minimum atomic E-state index is -0.144. The zero-order valence-electron chi connectivity index (χ0n) is 15.3. The van der Waals surface area contributed by atoms with Crippen molar-refractivity contribution >= 4 is 22.4 Å². The third kappa shape index (κ3) is 5.10. The van der Waals surface area contributed by atoms with Gasteiger partial charge in [0.15, 0.2) is 0 Å². The standard InChI is InChI=1S/C19H25N5O2S/c25-18(21-19-22-20-14-27-19)16-4-1-3-15(11-16)12-23-6-8-24(9-7-23)13-17-5-2-10-26-17/h1,3-4,11,14,17H,2,5-10,12-13H2,(H,21,22,25). The fraction of sp³-hybridized carbons (Fsp3) is 0.526. The van der Waals surface area contributed by atoms with Gasteiger partial charge in [-0.2, -0.15) is 0 Å². The summed E-state index contributed by atoms with van der Waals surface area (Å²) in [6.07, 6.45) is 2.83. The fourth-order valence-electron chi connectivity index (χ4n) is 3.67. The lowest BCUT2D eigenvalue weighted by atomic mass is 10.1. The Bertz CT molecular complexity index is 740. The van der Waals surface area contributed by atoms with Crippen molar-refractivity contribution in [1.82, 2.24) is 20.0 Å². The van der Waals surface area contributed by atoms with E-state index in [2.05, 4.69) is 31.4 Å². The molecule has 2 fully saturated rings. The van der Waals surface area contributed by atoms with Gasteiger partial charge in [0.05, 0.1) is 6.10 Å². The number of nitrogens with one attached hydrogen (secondary N) is 1. The van der Waals surface area contributed by atoms with Crippen LogP contribution in [-0.2, 0) is 11.3 Å². The molecule has 1 aromatic carbocycles. The van der Waals surface area contributed by atoms with Crippen LogP contribution in [-0.4, -0.2) is 71.3 Å². The molecule has 1 aromatic heterocycles. The summed E-state index contributed by atoms with van der Waals surface area (Å²) in [5.41, 5.74) is 3.41. The number of piperazine rings is 1. The number of amides is 1. The Kier molecular flexibility index (Phi) is 6.08. The van der Waals surface area contributed by atoms with E-state index in [0.717, 1.165) is 51.4 Å². The van der Waals surface area contributed by atoms with E-state index in [1.807, 2.05) is 18.2 Å². The van der Waals surface area contributed by atoms with Gasteiger partial charge >= 0.3 is 0 Å². The normalized spacial score (nSPS) is 21.4. The number of hydrogen-bond acceptors (Lipinski definition) is 7. The van der Waals surface area contributed by atoms with Crippen molar-refractivity contribution in [3.8, 4) is 0 Å². The minimum absolute atomic E-state index is 0.144. The second kappa shape index (κ2) is 8.88. The average Bonchev–Trinajstić information content (AvgIpc) is 3.38. The largest absolute Gasteiger partial charge is 0.377 e. The molecule has 1 N–H and O–H groups in total. The van der Waals surface area contributed by atoms with Crippen molar-refractivity contribution in [2.45, 2.75) is 25.5 Å². The number of aromatic nitrogens is 2. The van der Waals surface area contributed by atoms with E-state index in [0.29, 0.717) is 16.8 Å². The number of ether oxygens (including phenoxy) is 1. The predicted molar refractivity (Wildman–Crippen MR) is 105 cm³/mol.